The number of ether oxygens (including phenoxy) is 1. The second kappa shape index (κ2) is 11.8. The van der Waals surface area contributed by atoms with Gasteiger partial charge in [-0.3, -0.25) is 9.59 Å². The highest BCUT2D eigenvalue weighted by atomic mass is 32.1. The number of rotatable bonds is 8. The summed E-state index contributed by atoms with van der Waals surface area (Å²) in [6.45, 7) is 14.0. The zero-order chi connectivity index (χ0) is 29.9. The zero-order valence-electron chi connectivity index (χ0n) is 24.5. The first kappa shape index (κ1) is 30.0. The Labute approximate surface area is 244 Å². The molecule has 0 bridgehead atoms. The smallest absolute Gasteiger partial charge is 0.436 e. The topological polar surface area (TPSA) is 114 Å². The third kappa shape index (κ3) is 7.39. The van der Waals surface area contributed by atoms with Crippen LogP contribution in [-0.2, 0) is 16.8 Å². The van der Waals surface area contributed by atoms with Crippen LogP contribution in [0.3, 0.4) is 0 Å². The molecule has 41 heavy (non-hydrogen) atoms. The summed E-state index contributed by atoms with van der Waals surface area (Å²) in [6, 6.07) is 18.9. The van der Waals surface area contributed by atoms with E-state index in [1.54, 1.807) is 39.0 Å². The highest BCUT2D eigenvalue weighted by molar-refractivity contribution is 7.20. The number of fused-ring (bicyclic) bond motifs is 1. The minimum absolute atomic E-state index is 0.166. The fraction of sp³-hybridized carbons (Fsp3) is 0.355. The van der Waals surface area contributed by atoms with Gasteiger partial charge >= 0.3 is 6.09 Å². The van der Waals surface area contributed by atoms with E-state index in [1.807, 2.05) is 56.3 Å². The molecule has 4 rings (SSSR count). The van der Waals surface area contributed by atoms with E-state index in [0.717, 1.165) is 27.1 Å². The Kier molecular flexibility index (Phi) is 8.65. The number of nitrogens with zero attached hydrogens (tertiary/aromatic N) is 2. The number of thiophene rings is 1. The lowest BCUT2D eigenvalue weighted by Gasteiger charge is -2.26. The van der Waals surface area contributed by atoms with E-state index in [1.165, 1.54) is 0 Å². The average molecular weight is 576 g/mol. The molecule has 2 heterocycles. The van der Waals surface area contributed by atoms with Crippen molar-refractivity contribution in [2.24, 2.45) is 0 Å². The SMILES string of the molecule is CC(C)NCc1ccc(C(=O)Nc2nn(C(=O)OC(C)(C)C)c3sc(C(=O)NC(C)(C)c4ccccc4)cc23)cc1. The molecule has 0 fully saturated rings. The van der Waals surface area contributed by atoms with E-state index in [9.17, 15) is 14.4 Å². The van der Waals surface area contributed by atoms with Crippen molar-refractivity contribution >= 4 is 45.3 Å². The van der Waals surface area contributed by atoms with Crippen molar-refractivity contribution in [3.8, 4) is 0 Å². The summed E-state index contributed by atoms with van der Waals surface area (Å²) >= 11 is 1.10. The number of carbonyl (C=O) groups is 3. The van der Waals surface area contributed by atoms with E-state index in [0.29, 0.717) is 33.2 Å². The van der Waals surface area contributed by atoms with Gasteiger partial charge in [0.25, 0.3) is 11.8 Å². The van der Waals surface area contributed by atoms with Crippen molar-refractivity contribution < 1.29 is 19.1 Å². The second-order valence-corrected chi connectivity index (χ2v) is 12.7. The van der Waals surface area contributed by atoms with E-state index in [-0.39, 0.29) is 17.6 Å². The minimum atomic E-state index is -0.762. The maximum atomic E-state index is 13.4. The number of hydrogen-bond donors (Lipinski definition) is 3. The van der Waals surface area contributed by atoms with Crippen molar-refractivity contribution in [3.63, 3.8) is 0 Å². The van der Waals surface area contributed by atoms with Crippen LogP contribution < -0.4 is 16.0 Å². The fourth-order valence-electron chi connectivity index (χ4n) is 4.09. The largest absolute Gasteiger partial charge is 0.442 e. The third-order valence-corrected chi connectivity index (χ3v) is 7.34. The number of benzene rings is 2. The number of carbonyl (C=O) groups excluding carboxylic acids is 3. The predicted molar refractivity (Wildman–Crippen MR) is 163 cm³/mol. The fourth-order valence-corrected chi connectivity index (χ4v) is 5.09. The summed E-state index contributed by atoms with van der Waals surface area (Å²) in [6.07, 6.45) is -0.705. The monoisotopic (exact) mass is 575 g/mol. The quantitative estimate of drug-likeness (QED) is 0.227. The van der Waals surface area contributed by atoms with Gasteiger partial charge in [0.1, 0.15) is 10.4 Å². The molecule has 0 radical (unpaired) electrons. The van der Waals surface area contributed by atoms with Crippen molar-refractivity contribution in [1.82, 2.24) is 20.4 Å². The molecular formula is C31H37N5O4S. The molecule has 2 amide bonds. The molecule has 2 aromatic heterocycles. The summed E-state index contributed by atoms with van der Waals surface area (Å²) in [5.41, 5.74) is 1.05. The lowest BCUT2D eigenvalue weighted by molar-refractivity contribution is 0.0523. The van der Waals surface area contributed by atoms with Crippen LogP contribution in [0.4, 0.5) is 10.6 Å². The Morgan fingerprint density at radius 3 is 2.22 bits per heavy atom. The highest BCUT2D eigenvalue weighted by Crippen LogP contribution is 2.33. The van der Waals surface area contributed by atoms with Crippen molar-refractivity contribution in [2.45, 2.75) is 72.2 Å². The first-order valence-electron chi connectivity index (χ1n) is 13.5. The molecule has 0 spiro atoms. The molecule has 0 aliphatic rings. The normalized spacial score (nSPS) is 12.0. The van der Waals surface area contributed by atoms with Gasteiger partial charge in [-0.25, -0.2) is 4.79 Å². The van der Waals surface area contributed by atoms with Gasteiger partial charge in [0.15, 0.2) is 5.82 Å². The van der Waals surface area contributed by atoms with Crippen molar-refractivity contribution in [3.05, 3.63) is 82.2 Å². The standard InChI is InChI=1S/C31H37N5O4S/c1-19(2)32-18-20-13-15-21(16-14-20)26(37)33-25-23-17-24(27(38)34-31(6,7)22-11-9-8-10-12-22)41-28(23)36(35-25)29(39)40-30(3,4)5/h8-17,19,32H,18H2,1-7H3,(H,34,38)(H,33,35,37). The number of hydrogen-bond acceptors (Lipinski definition) is 7. The van der Waals surface area contributed by atoms with Crippen molar-refractivity contribution in [1.29, 1.82) is 0 Å². The van der Waals surface area contributed by atoms with Gasteiger partial charge in [-0.15, -0.1) is 16.4 Å². The van der Waals surface area contributed by atoms with Gasteiger partial charge < -0.3 is 20.7 Å². The number of amides is 2. The van der Waals surface area contributed by atoms with Gasteiger partial charge in [0.05, 0.1) is 15.8 Å². The van der Waals surface area contributed by atoms with E-state index >= 15 is 0 Å². The van der Waals surface area contributed by atoms with Crippen LogP contribution >= 0.6 is 11.3 Å². The predicted octanol–water partition coefficient (Wildman–Crippen LogP) is 6.30. The summed E-state index contributed by atoms with van der Waals surface area (Å²) in [7, 11) is 0. The lowest BCUT2D eigenvalue weighted by Crippen LogP contribution is -2.40. The Balaban J connectivity index is 1.63. The average Bonchev–Trinajstić information content (AvgIpc) is 3.48. The van der Waals surface area contributed by atoms with Crippen molar-refractivity contribution in [2.75, 3.05) is 5.32 Å². The Hall–Kier alpha value is -4.02. The molecule has 216 valence electrons. The molecule has 0 atom stereocenters. The van der Waals surface area contributed by atoms with E-state index in [2.05, 4.69) is 34.9 Å². The van der Waals surface area contributed by atoms with Crippen LogP contribution in [0.15, 0.2) is 60.7 Å². The van der Waals surface area contributed by atoms with Gasteiger partial charge in [-0.05, 0) is 63.9 Å². The molecule has 0 saturated carbocycles. The zero-order valence-corrected chi connectivity index (χ0v) is 25.3. The van der Waals surface area contributed by atoms with Crippen LogP contribution in [0.2, 0.25) is 0 Å². The third-order valence-electron chi connectivity index (χ3n) is 6.23. The van der Waals surface area contributed by atoms with E-state index < -0.39 is 17.2 Å². The summed E-state index contributed by atoms with van der Waals surface area (Å²) in [5.74, 6) is -0.524. The molecule has 9 nitrogen and oxygen atoms in total. The molecule has 0 aliphatic heterocycles. The summed E-state index contributed by atoms with van der Waals surface area (Å²) < 4.78 is 6.64. The first-order valence-corrected chi connectivity index (χ1v) is 14.3. The highest BCUT2D eigenvalue weighted by Gasteiger charge is 2.28. The minimum Gasteiger partial charge on any atom is -0.442 e. The number of nitrogens with one attached hydrogen (secondary N) is 3. The second-order valence-electron chi connectivity index (χ2n) is 11.7. The van der Waals surface area contributed by atoms with Crippen LogP contribution in [0, 0.1) is 0 Å². The van der Waals surface area contributed by atoms with Crippen LogP contribution in [0.5, 0.6) is 0 Å². The van der Waals surface area contributed by atoms with Crippen LogP contribution in [0.1, 0.15) is 79.6 Å². The Morgan fingerprint density at radius 1 is 0.951 bits per heavy atom. The molecule has 10 heteroatoms. The van der Waals surface area contributed by atoms with Crippen LogP contribution in [-0.4, -0.2) is 39.3 Å². The van der Waals surface area contributed by atoms with Gasteiger partial charge in [-0.1, -0.05) is 56.3 Å². The first-order chi connectivity index (χ1) is 19.2. The number of anilines is 1. The number of aromatic nitrogens is 2. The van der Waals surface area contributed by atoms with E-state index in [4.69, 9.17) is 4.74 Å². The molecule has 3 N–H and O–H groups in total. The maximum absolute atomic E-state index is 13.4. The summed E-state index contributed by atoms with van der Waals surface area (Å²) in [4.78, 5) is 40.3. The molecule has 0 aliphatic carbocycles. The molecule has 0 saturated heterocycles. The van der Waals surface area contributed by atoms with Crippen LogP contribution in [0.25, 0.3) is 10.2 Å². The Bertz CT molecular complexity index is 1550. The molecule has 0 unspecified atom stereocenters. The van der Waals surface area contributed by atoms with Gasteiger partial charge in [0, 0.05) is 18.2 Å². The molecule has 4 aromatic rings. The lowest BCUT2D eigenvalue weighted by atomic mass is 9.94. The molecular weight excluding hydrogens is 538 g/mol. The summed E-state index contributed by atoms with van der Waals surface area (Å²) in [5, 5.41) is 14.1. The Morgan fingerprint density at radius 2 is 1.61 bits per heavy atom. The molecule has 2 aromatic carbocycles. The van der Waals surface area contributed by atoms with Gasteiger partial charge in [-0.2, -0.15) is 4.68 Å². The van der Waals surface area contributed by atoms with Gasteiger partial charge in [0.2, 0.25) is 0 Å². The maximum Gasteiger partial charge on any atom is 0.436 e.